The molecule has 0 aliphatic heterocycles. The first kappa shape index (κ1) is 24.4. The second-order valence-corrected chi connectivity index (χ2v) is 8.57. The number of benzene rings is 3. The van der Waals surface area contributed by atoms with Gasteiger partial charge in [0.2, 0.25) is 5.91 Å². The van der Waals surface area contributed by atoms with Gasteiger partial charge in [-0.05, 0) is 55.0 Å². The molecule has 3 aromatic carbocycles. The molecule has 0 fully saturated rings. The molecule has 0 radical (unpaired) electrons. The molecule has 0 unspecified atom stereocenters. The van der Waals surface area contributed by atoms with E-state index in [0.717, 1.165) is 10.1 Å². The van der Waals surface area contributed by atoms with Crippen LogP contribution in [0.2, 0.25) is 10.0 Å². The number of carbonyl (C=O) groups is 1. The molecule has 8 nitrogen and oxygen atoms in total. The van der Waals surface area contributed by atoms with Crippen LogP contribution in [0, 0.1) is 6.92 Å². The van der Waals surface area contributed by atoms with Gasteiger partial charge >= 0.3 is 5.69 Å². The Hall–Kier alpha value is -3.75. The predicted molar refractivity (Wildman–Crippen MR) is 137 cm³/mol. The maximum Gasteiger partial charge on any atom is 0.336 e. The van der Waals surface area contributed by atoms with Crippen LogP contribution in [0.25, 0.3) is 16.6 Å². The van der Waals surface area contributed by atoms with Crippen LogP contribution < -0.4 is 26.0 Å². The Morgan fingerprint density at radius 2 is 1.69 bits per heavy atom. The third-order valence-corrected chi connectivity index (χ3v) is 6.13. The molecule has 0 aliphatic carbocycles. The summed E-state index contributed by atoms with van der Waals surface area (Å²) < 4.78 is 12.7. The van der Waals surface area contributed by atoms with Crippen molar-refractivity contribution in [1.29, 1.82) is 0 Å². The van der Waals surface area contributed by atoms with E-state index in [1.165, 1.54) is 37.0 Å². The van der Waals surface area contributed by atoms with Crippen LogP contribution in [0.5, 0.6) is 11.5 Å². The number of anilines is 1. The minimum absolute atomic E-state index is 0.226. The number of nitrogens with one attached hydrogen (secondary N) is 1. The van der Waals surface area contributed by atoms with Crippen LogP contribution in [0.4, 0.5) is 5.69 Å². The second-order valence-electron chi connectivity index (χ2n) is 7.72. The van der Waals surface area contributed by atoms with Crippen molar-refractivity contribution >= 4 is 45.7 Å². The molecule has 0 spiro atoms. The number of fused-ring (bicyclic) bond motifs is 1. The molecule has 0 aliphatic rings. The van der Waals surface area contributed by atoms with Crippen LogP contribution in [-0.4, -0.2) is 29.3 Å². The van der Waals surface area contributed by atoms with Crippen LogP contribution in [-0.2, 0) is 11.3 Å². The van der Waals surface area contributed by atoms with E-state index in [4.69, 9.17) is 32.7 Å². The molecule has 1 N–H and O–H groups in total. The highest BCUT2D eigenvalue weighted by atomic mass is 35.5. The highest BCUT2D eigenvalue weighted by Crippen LogP contribution is 2.29. The number of nitrogens with zero attached hydrogens (tertiary/aromatic N) is 2. The van der Waals surface area contributed by atoms with E-state index in [2.05, 4.69) is 5.32 Å². The number of amides is 1. The van der Waals surface area contributed by atoms with E-state index in [1.807, 2.05) is 6.92 Å². The number of hydrogen-bond donors (Lipinski definition) is 1. The SMILES string of the molecule is COc1ccc(NC(=O)Cn2c(=O)n(-c3ccc(C)c(Cl)c3)c(=O)c3ccc(Cl)cc32)cc1OC. The Labute approximate surface area is 210 Å². The number of aromatic nitrogens is 2. The molecule has 4 aromatic rings. The zero-order chi connectivity index (χ0) is 25.3. The molecule has 0 bridgehead atoms. The molecule has 1 heterocycles. The van der Waals surface area contributed by atoms with Gasteiger partial charge < -0.3 is 14.8 Å². The molecule has 1 amide bonds. The second kappa shape index (κ2) is 9.85. The van der Waals surface area contributed by atoms with Crippen molar-refractivity contribution in [2.24, 2.45) is 0 Å². The van der Waals surface area contributed by atoms with Gasteiger partial charge in [0.05, 0.1) is 30.8 Å². The molecular formula is C25H21Cl2N3O5. The van der Waals surface area contributed by atoms with Gasteiger partial charge in [-0.1, -0.05) is 29.3 Å². The Morgan fingerprint density at radius 3 is 2.37 bits per heavy atom. The van der Waals surface area contributed by atoms with E-state index < -0.39 is 17.2 Å². The first-order valence-electron chi connectivity index (χ1n) is 10.5. The zero-order valence-electron chi connectivity index (χ0n) is 19.1. The monoisotopic (exact) mass is 513 g/mol. The van der Waals surface area contributed by atoms with Crippen LogP contribution in [0.15, 0.2) is 64.2 Å². The lowest BCUT2D eigenvalue weighted by Gasteiger charge is -2.15. The summed E-state index contributed by atoms with van der Waals surface area (Å²) in [7, 11) is 2.99. The Morgan fingerprint density at radius 1 is 0.943 bits per heavy atom. The van der Waals surface area contributed by atoms with Gasteiger partial charge in [-0.2, -0.15) is 0 Å². The number of aryl methyl sites for hydroxylation is 1. The van der Waals surface area contributed by atoms with Gasteiger partial charge in [0, 0.05) is 21.8 Å². The van der Waals surface area contributed by atoms with Crippen molar-refractivity contribution in [2.45, 2.75) is 13.5 Å². The van der Waals surface area contributed by atoms with E-state index in [9.17, 15) is 14.4 Å². The molecular weight excluding hydrogens is 493 g/mol. The van der Waals surface area contributed by atoms with Crippen molar-refractivity contribution in [1.82, 2.24) is 9.13 Å². The lowest BCUT2D eigenvalue weighted by molar-refractivity contribution is -0.116. The summed E-state index contributed by atoms with van der Waals surface area (Å²) in [6.07, 6.45) is 0. The van der Waals surface area contributed by atoms with Crippen molar-refractivity contribution in [3.8, 4) is 17.2 Å². The molecule has 10 heteroatoms. The Balaban J connectivity index is 1.81. The normalized spacial score (nSPS) is 10.9. The van der Waals surface area contributed by atoms with E-state index in [-0.39, 0.29) is 17.4 Å². The average molecular weight is 514 g/mol. The van der Waals surface area contributed by atoms with Crippen molar-refractivity contribution in [3.63, 3.8) is 0 Å². The fraction of sp³-hybridized carbons (Fsp3) is 0.160. The summed E-state index contributed by atoms with van der Waals surface area (Å²) in [6, 6.07) is 14.3. The fourth-order valence-corrected chi connectivity index (χ4v) is 4.04. The summed E-state index contributed by atoms with van der Waals surface area (Å²) in [5, 5.41) is 3.69. The maximum atomic E-state index is 13.5. The molecule has 35 heavy (non-hydrogen) atoms. The maximum absolute atomic E-state index is 13.5. The summed E-state index contributed by atoms with van der Waals surface area (Å²) in [5.74, 6) is 0.448. The molecule has 1 aromatic heterocycles. The van der Waals surface area contributed by atoms with E-state index >= 15 is 0 Å². The Kier molecular flexibility index (Phi) is 6.86. The van der Waals surface area contributed by atoms with Gasteiger partial charge in [-0.15, -0.1) is 0 Å². The topological polar surface area (TPSA) is 91.6 Å². The average Bonchev–Trinajstić information content (AvgIpc) is 2.83. The minimum atomic E-state index is -0.702. The first-order chi connectivity index (χ1) is 16.7. The van der Waals surface area contributed by atoms with Crippen molar-refractivity contribution in [3.05, 3.63) is 91.0 Å². The van der Waals surface area contributed by atoms with Crippen molar-refractivity contribution < 1.29 is 14.3 Å². The molecule has 0 saturated carbocycles. The Bertz CT molecular complexity index is 1580. The minimum Gasteiger partial charge on any atom is -0.493 e. The van der Waals surface area contributed by atoms with Crippen LogP contribution >= 0.6 is 23.2 Å². The molecule has 0 saturated heterocycles. The lowest BCUT2D eigenvalue weighted by Crippen LogP contribution is -2.40. The zero-order valence-corrected chi connectivity index (χ0v) is 20.6. The molecule has 180 valence electrons. The standard InChI is InChI=1S/C25H21Cl2N3O5/c1-14-4-7-17(12-19(14)27)30-24(32)18-8-5-15(26)10-20(18)29(25(30)33)13-23(31)28-16-6-9-21(34-2)22(11-16)35-3/h4-12H,13H2,1-3H3,(H,28,31). The number of rotatable bonds is 6. The number of halogens is 2. The molecule has 0 atom stereocenters. The van der Waals surface area contributed by atoms with Crippen molar-refractivity contribution in [2.75, 3.05) is 19.5 Å². The number of methoxy groups -OCH3 is 2. The first-order valence-corrected chi connectivity index (χ1v) is 11.2. The highest BCUT2D eigenvalue weighted by Gasteiger charge is 2.18. The van der Waals surface area contributed by atoms with Gasteiger partial charge in [0.1, 0.15) is 6.54 Å². The number of hydrogen-bond acceptors (Lipinski definition) is 5. The largest absolute Gasteiger partial charge is 0.493 e. The van der Waals surface area contributed by atoms with Crippen LogP contribution in [0.3, 0.4) is 0 Å². The summed E-state index contributed by atoms with van der Waals surface area (Å²) in [4.78, 5) is 39.7. The van der Waals surface area contributed by atoms with Gasteiger partial charge in [-0.3, -0.25) is 14.2 Å². The number of ether oxygens (including phenoxy) is 2. The predicted octanol–water partition coefficient (Wildman–Crippen LogP) is 4.42. The third kappa shape index (κ3) is 4.76. The van der Waals surface area contributed by atoms with E-state index in [0.29, 0.717) is 32.9 Å². The van der Waals surface area contributed by atoms with Gasteiger partial charge in [0.25, 0.3) is 5.56 Å². The molecule has 4 rings (SSSR count). The summed E-state index contributed by atoms with van der Waals surface area (Å²) >= 11 is 12.4. The third-order valence-electron chi connectivity index (χ3n) is 5.49. The lowest BCUT2D eigenvalue weighted by atomic mass is 10.2. The summed E-state index contributed by atoms with van der Waals surface area (Å²) in [5.41, 5.74) is 0.531. The smallest absolute Gasteiger partial charge is 0.336 e. The number of carbonyl (C=O) groups excluding carboxylic acids is 1. The summed E-state index contributed by atoms with van der Waals surface area (Å²) in [6.45, 7) is 1.44. The van der Waals surface area contributed by atoms with E-state index in [1.54, 1.807) is 36.4 Å². The van der Waals surface area contributed by atoms with Gasteiger partial charge in [-0.25, -0.2) is 9.36 Å². The van der Waals surface area contributed by atoms with Crippen LogP contribution in [0.1, 0.15) is 5.56 Å². The quantitative estimate of drug-likeness (QED) is 0.411. The van der Waals surface area contributed by atoms with Gasteiger partial charge in [0.15, 0.2) is 11.5 Å². The fourth-order valence-electron chi connectivity index (χ4n) is 3.70. The highest BCUT2D eigenvalue weighted by molar-refractivity contribution is 6.31.